The summed E-state index contributed by atoms with van der Waals surface area (Å²) < 4.78 is 31.1. The normalized spacial score (nSPS) is 12.4. The number of carbonyl (C=O) groups excluding carboxylic acids is 1. The van der Waals surface area contributed by atoms with Gasteiger partial charge in [0.2, 0.25) is 10.0 Å². The molecule has 0 aliphatic carbocycles. The number of sulfonamides is 1. The Labute approximate surface area is 148 Å². The van der Waals surface area contributed by atoms with E-state index in [-0.39, 0.29) is 16.8 Å². The first-order valence-electron chi connectivity index (χ1n) is 7.89. The lowest BCUT2D eigenvalue weighted by Gasteiger charge is -2.18. The molecule has 0 saturated heterocycles. The van der Waals surface area contributed by atoms with E-state index >= 15 is 0 Å². The molecule has 0 spiro atoms. The van der Waals surface area contributed by atoms with Gasteiger partial charge in [-0.1, -0.05) is 25.1 Å². The van der Waals surface area contributed by atoms with Gasteiger partial charge in [0, 0.05) is 5.56 Å². The van der Waals surface area contributed by atoms with Gasteiger partial charge in [-0.2, -0.15) is 0 Å². The summed E-state index contributed by atoms with van der Waals surface area (Å²) in [7, 11) is -0.662. The zero-order valence-electron chi connectivity index (χ0n) is 14.4. The van der Waals surface area contributed by atoms with Crippen molar-refractivity contribution in [3.8, 4) is 5.75 Å². The molecule has 2 N–H and O–H groups in total. The third-order valence-electron chi connectivity index (χ3n) is 3.91. The van der Waals surface area contributed by atoms with Gasteiger partial charge in [0.15, 0.2) is 0 Å². The molecule has 0 aliphatic rings. The minimum atomic E-state index is -3.59. The first-order valence-corrected chi connectivity index (χ1v) is 9.38. The van der Waals surface area contributed by atoms with Crippen LogP contribution in [0.2, 0.25) is 0 Å². The maximum atomic E-state index is 12.5. The second kappa shape index (κ2) is 8.13. The van der Waals surface area contributed by atoms with E-state index < -0.39 is 10.0 Å². The van der Waals surface area contributed by atoms with Gasteiger partial charge < -0.3 is 10.1 Å². The SMILES string of the molecule is CC[C@H](NC(=O)c1cccc(S(=O)(=O)NC)c1)c1ccc(OC)cc1. The second-order valence-corrected chi connectivity index (χ2v) is 7.33. The Bertz CT molecular complexity index is 832. The molecule has 0 aliphatic heterocycles. The highest BCUT2D eigenvalue weighted by Crippen LogP contribution is 2.21. The van der Waals surface area contributed by atoms with E-state index in [0.29, 0.717) is 12.0 Å². The van der Waals surface area contributed by atoms with Crippen LogP contribution < -0.4 is 14.8 Å². The molecule has 25 heavy (non-hydrogen) atoms. The van der Waals surface area contributed by atoms with Crippen LogP contribution in [-0.2, 0) is 10.0 Å². The molecule has 0 heterocycles. The summed E-state index contributed by atoms with van der Waals surface area (Å²) in [4.78, 5) is 12.6. The number of hydrogen-bond acceptors (Lipinski definition) is 4. The van der Waals surface area contributed by atoms with Gasteiger partial charge in [0.05, 0.1) is 18.0 Å². The van der Waals surface area contributed by atoms with Crippen molar-refractivity contribution in [1.82, 2.24) is 10.0 Å². The largest absolute Gasteiger partial charge is 0.497 e. The molecule has 7 heteroatoms. The monoisotopic (exact) mass is 362 g/mol. The molecule has 2 aromatic rings. The van der Waals surface area contributed by atoms with E-state index in [1.165, 1.54) is 19.2 Å². The topological polar surface area (TPSA) is 84.5 Å². The Morgan fingerprint density at radius 3 is 2.40 bits per heavy atom. The number of ether oxygens (including phenoxy) is 1. The molecular formula is C18H22N2O4S. The number of hydrogen-bond donors (Lipinski definition) is 2. The van der Waals surface area contributed by atoms with E-state index in [9.17, 15) is 13.2 Å². The Morgan fingerprint density at radius 2 is 1.84 bits per heavy atom. The van der Waals surface area contributed by atoms with Crippen LogP contribution in [0, 0.1) is 0 Å². The molecule has 0 aromatic heterocycles. The highest BCUT2D eigenvalue weighted by Gasteiger charge is 2.17. The van der Waals surface area contributed by atoms with Gasteiger partial charge in [-0.05, 0) is 49.4 Å². The maximum absolute atomic E-state index is 12.5. The maximum Gasteiger partial charge on any atom is 0.251 e. The molecular weight excluding hydrogens is 340 g/mol. The Balaban J connectivity index is 2.20. The van der Waals surface area contributed by atoms with Gasteiger partial charge in [-0.15, -0.1) is 0 Å². The van der Waals surface area contributed by atoms with Gasteiger partial charge in [0.1, 0.15) is 5.75 Å². The molecule has 0 bridgehead atoms. The van der Waals surface area contributed by atoms with Crippen molar-refractivity contribution in [2.24, 2.45) is 0 Å². The van der Waals surface area contributed by atoms with Crippen LogP contribution in [-0.4, -0.2) is 28.5 Å². The average molecular weight is 362 g/mol. The quantitative estimate of drug-likeness (QED) is 0.792. The van der Waals surface area contributed by atoms with Gasteiger partial charge in [0.25, 0.3) is 5.91 Å². The van der Waals surface area contributed by atoms with Crippen LogP contribution in [0.4, 0.5) is 0 Å². The zero-order valence-corrected chi connectivity index (χ0v) is 15.3. The third-order valence-corrected chi connectivity index (χ3v) is 5.32. The molecule has 0 saturated carbocycles. The Kier molecular flexibility index (Phi) is 6.17. The molecule has 1 amide bonds. The van der Waals surface area contributed by atoms with Crippen molar-refractivity contribution >= 4 is 15.9 Å². The molecule has 2 aromatic carbocycles. The summed E-state index contributed by atoms with van der Waals surface area (Å²) >= 11 is 0. The lowest BCUT2D eigenvalue weighted by atomic mass is 10.0. The second-order valence-electron chi connectivity index (χ2n) is 5.44. The first-order chi connectivity index (χ1) is 11.9. The van der Waals surface area contributed by atoms with E-state index in [1.54, 1.807) is 19.2 Å². The summed E-state index contributed by atoms with van der Waals surface area (Å²) in [5.74, 6) is 0.422. The standard InChI is InChI=1S/C18H22N2O4S/c1-4-17(13-8-10-15(24-3)11-9-13)20-18(21)14-6-5-7-16(12-14)25(22,23)19-2/h5-12,17,19H,4H2,1-3H3,(H,20,21)/t17-/m0/s1. The van der Waals surface area contributed by atoms with Crippen molar-refractivity contribution in [2.75, 3.05) is 14.2 Å². The van der Waals surface area contributed by atoms with Crippen LogP contribution in [0.3, 0.4) is 0 Å². The van der Waals surface area contributed by atoms with E-state index in [0.717, 1.165) is 11.3 Å². The molecule has 0 unspecified atom stereocenters. The molecule has 0 radical (unpaired) electrons. The lowest BCUT2D eigenvalue weighted by Crippen LogP contribution is -2.28. The predicted molar refractivity (Wildman–Crippen MR) is 96.2 cm³/mol. The van der Waals surface area contributed by atoms with Gasteiger partial charge in [-0.3, -0.25) is 4.79 Å². The van der Waals surface area contributed by atoms with E-state index in [4.69, 9.17) is 4.74 Å². The van der Waals surface area contributed by atoms with Crippen LogP contribution in [0.25, 0.3) is 0 Å². The first kappa shape index (κ1) is 19.0. The zero-order chi connectivity index (χ0) is 18.4. The summed E-state index contributed by atoms with van der Waals surface area (Å²) in [6.45, 7) is 1.97. The summed E-state index contributed by atoms with van der Waals surface area (Å²) in [6, 6.07) is 13.2. The number of amides is 1. The molecule has 6 nitrogen and oxygen atoms in total. The highest BCUT2D eigenvalue weighted by atomic mass is 32.2. The molecule has 0 fully saturated rings. The molecule has 134 valence electrons. The Morgan fingerprint density at radius 1 is 1.16 bits per heavy atom. The third kappa shape index (κ3) is 4.58. The number of rotatable bonds is 7. The van der Waals surface area contributed by atoms with Gasteiger partial charge in [-0.25, -0.2) is 13.1 Å². The van der Waals surface area contributed by atoms with E-state index in [1.807, 2.05) is 31.2 Å². The minimum absolute atomic E-state index is 0.0557. The van der Waals surface area contributed by atoms with Crippen molar-refractivity contribution in [3.63, 3.8) is 0 Å². The summed E-state index contributed by atoms with van der Waals surface area (Å²) in [5.41, 5.74) is 1.25. The predicted octanol–water partition coefficient (Wildman–Crippen LogP) is 2.48. The van der Waals surface area contributed by atoms with Crippen LogP contribution in [0.1, 0.15) is 35.3 Å². The van der Waals surface area contributed by atoms with E-state index in [2.05, 4.69) is 10.0 Å². The lowest BCUT2D eigenvalue weighted by molar-refractivity contribution is 0.0935. The Hall–Kier alpha value is -2.38. The fourth-order valence-electron chi connectivity index (χ4n) is 2.42. The van der Waals surface area contributed by atoms with Crippen molar-refractivity contribution < 1.29 is 17.9 Å². The van der Waals surface area contributed by atoms with Crippen LogP contribution in [0.15, 0.2) is 53.4 Å². The van der Waals surface area contributed by atoms with Crippen molar-refractivity contribution in [3.05, 3.63) is 59.7 Å². The average Bonchev–Trinajstić information content (AvgIpc) is 2.66. The summed E-state index contributed by atoms with van der Waals surface area (Å²) in [5, 5.41) is 2.94. The smallest absolute Gasteiger partial charge is 0.251 e. The highest BCUT2D eigenvalue weighted by molar-refractivity contribution is 7.89. The summed E-state index contributed by atoms with van der Waals surface area (Å²) in [6.07, 6.45) is 0.701. The van der Waals surface area contributed by atoms with Gasteiger partial charge >= 0.3 is 0 Å². The minimum Gasteiger partial charge on any atom is -0.497 e. The number of benzene rings is 2. The number of methoxy groups -OCH3 is 1. The number of carbonyl (C=O) groups is 1. The van der Waals surface area contributed by atoms with Crippen LogP contribution >= 0.6 is 0 Å². The van der Waals surface area contributed by atoms with Crippen molar-refractivity contribution in [1.29, 1.82) is 0 Å². The fourth-order valence-corrected chi connectivity index (χ4v) is 3.20. The number of nitrogens with one attached hydrogen (secondary N) is 2. The molecule has 2 rings (SSSR count). The molecule has 1 atom stereocenters. The van der Waals surface area contributed by atoms with Crippen LogP contribution in [0.5, 0.6) is 5.75 Å². The fraction of sp³-hybridized carbons (Fsp3) is 0.278. The van der Waals surface area contributed by atoms with Crippen molar-refractivity contribution in [2.45, 2.75) is 24.3 Å².